The van der Waals surface area contributed by atoms with E-state index in [0.29, 0.717) is 30.9 Å². The second-order valence-corrected chi connectivity index (χ2v) is 13.5. The Labute approximate surface area is 270 Å². The number of likely N-dealkylation sites (tertiary alicyclic amines) is 1. The molecule has 5 rings (SSSR count). The van der Waals surface area contributed by atoms with Gasteiger partial charge in [0.25, 0.3) is 0 Å². The highest BCUT2D eigenvalue weighted by atomic mass is 16.6. The summed E-state index contributed by atoms with van der Waals surface area (Å²) in [6.07, 6.45) is 3.37. The zero-order chi connectivity index (χ0) is 33.0. The number of amides is 3. The van der Waals surface area contributed by atoms with Gasteiger partial charge in [0.15, 0.2) is 0 Å². The van der Waals surface area contributed by atoms with Crippen molar-refractivity contribution in [2.24, 2.45) is 11.8 Å². The van der Waals surface area contributed by atoms with Crippen LogP contribution >= 0.6 is 0 Å². The molecule has 1 saturated carbocycles. The van der Waals surface area contributed by atoms with Crippen molar-refractivity contribution in [2.45, 2.75) is 77.4 Å². The minimum absolute atomic E-state index is 0.0314. The first kappa shape index (κ1) is 33.0. The first-order valence-electron chi connectivity index (χ1n) is 16.3. The van der Waals surface area contributed by atoms with Gasteiger partial charge in [-0.2, -0.15) is 0 Å². The van der Waals surface area contributed by atoms with E-state index in [1.54, 1.807) is 24.9 Å². The van der Waals surface area contributed by atoms with Gasteiger partial charge < -0.3 is 29.6 Å². The average molecular weight is 631 g/mol. The number of nitrogens with one attached hydrogen (secondary N) is 2. The highest BCUT2D eigenvalue weighted by molar-refractivity contribution is 6.02. The van der Waals surface area contributed by atoms with E-state index >= 15 is 0 Å². The number of carbonyl (C=O) groups excluding carboxylic acids is 4. The summed E-state index contributed by atoms with van der Waals surface area (Å²) in [5.74, 6) is -0.544. The number of esters is 1. The quantitative estimate of drug-likeness (QED) is 0.294. The van der Waals surface area contributed by atoms with Crippen molar-refractivity contribution in [3.8, 4) is 0 Å². The van der Waals surface area contributed by atoms with Gasteiger partial charge in [-0.25, -0.2) is 9.59 Å². The molecule has 2 atom stereocenters. The van der Waals surface area contributed by atoms with Crippen LogP contribution in [0.2, 0.25) is 0 Å². The van der Waals surface area contributed by atoms with Crippen LogP contribution in [0.3, 0.4) is 0 Å². The summed E-state index contributed by atoms with van der Waals surface area (Å²) in [6.45, 7) is 8.59. The summed E-state index contributed by atoms with van der Waals surface area (Å²) in [7, 11) is 1.74. The average Bonchev–Trinajstić information content (AvgIpc) is 3.67. The third-order valence-electron chi connectivity index (χ3n) is 9.11. The maximum absolute atomic E-state index is 14.4. The van der Waals surface area contributed by atoms with E-state index in [4.69, 9.17) is 9.47 Å². The molecule has 1 aliphatic carbocycles. The maximum atomic E-state index is 14.4. The van der Waals surface area contributed by atoms with Crippen LogP contribution in [-0.4, -0.2) is 72.1 Å². The van der Waals surface area contributed by atoms with Gasteiger partial charge in [-0.15, -0.1) is 0 Å². The van der Waals surface area contributed by atoms with E-state index in [0.717, 1.165) is 42.1 Å². The molecular formula is C36H46N4O6. The molecule has 10 nitrogen and oxygen atoms in total. The smallest absolute Gasteiger partial charge is 0.407 e. The van der Waals surface area contributed by atoms with E-state index in [2.05, 4.69) is 10.3 Å². The van der Waals surface area contributed by atoms with Crippen molar-refractivity contribution in [3.63, 3.8) is 0 Å². The van der Waals surface area contributed by atoms with Crippen LogP contribution in [0.4, 0.5) is 10.5 Å². The summed E-state index contributed by atoms with van der Waals surface area (Å²) in [5.41, 5.74) is 2.29. The van der Waals surface area contributed by atoms with Crippen LogP contribution in [0.5, 0.6) is 0 Å². The number of hydrogen-bond donors (Lipinski definition) is 2. The fraction of sp³-hybridized carbons (Fsp3) is 0.500. The Morgan fingerprint density at radius 1 is 0.978 bits per heavy atom. The van der Waals surface area contributed by atoms with Crippen LogP contribution < -0.4 is 10.2 Å². The Kier molecular flexibility index (Phi) is 10.0. The van der Waals surface area contributed by atoms with Gasteiger partial charge in [0.1, 0.15) is 17.3 Å². The second-order valence-electron chi connectivity index (χ2n) is 13.5. The van der Waals surface area contributed by atoms with Gasteiger partial charge >= 0.3 is 12.1 Å². The monoisotopic (exact) mass is 630 g/mol. The molecule has 0 spiro atoms. The lowest BCUT2D eigenvalue weighted by Gasteiger charge is -2.35. The van der Waals surface area contributed by atoms with Crippen LogP contribution in [-0.2, 0) is 19.1 Å². The van der Waals surface area contributed by atoms with Gasteiger partial charge in [-0.3, -0.25) is 9.59 Å². The molecule has 1 saturated heterocycles. The lowest BCUT2D eigenvalue weighted by Crippen LogP contribution is -2.50. The van der Waals surface area contributed by atoms with E-state index in [9.17, 15) is 19.2 Å². The lowest BCUT2D eigenvalue weighted by molar-refractivity contribution is -0.142. The molecule has 0 bridgehead atoms. The van der Waals surface area contributed by atoms with Crippen molar-refractivity contribution >= 4 is 40.5 Å². The summed E-state index contributed by atoms with van der Waals surface area (Å²) in [5, 5.41) is 3.66. The van der Waals surface area contributed by atoms with Crippen molar-refractivity contribution < 1.29 is 28.7 Å². The van der Waals surface area contributed by atoms with E-state index in [1.165, 1.54) is 0 Å². The first-order chi connectivity index (χ1) is 21.9. The molecule has 246 valence electrons. The van der Waals surface area contributed by atoms with Crippen molar-refractivity contribution in [1.82, 2.24) is 15.2 Å². The number of fused-ring (bicyclic) bond motifs is 1. The van der Waals surface area contributed by atoms with Crippen LogP contribution in [0.25, 0.3) is 10.9 Å². The Bertz CT molecular complexity index is 1550. The predicted molar refractivity (Wildman–Crippen MR) is 177 cm³/mol. The number of aromatic nitrogens is 1. The minimum atomic E-state index is -0.636. The van der Waals surface area contributed by atoms with Gasteiger partial charge in [-0.05, 0) is 95.5 Å². The zero-order valence-corrected chi connectivity index (χ0v) is 27.5. The minimum Gasteiger partial charge on any atom is -0.461 e. The Morgan fingerprint density at radius 3 is 2.37 bits per heavy atom. The molecule has 1 aromatic heterocycles. The normalized spacial score (nSPS) is 21.5. The van der Waals surface area contributed by atoms with Gasteiger partial charge in [0, 0.05) is 48.6 Å². The number of hydrogen-bond acceptors (Lipinski definition) is 6. The summed E-state index contributed by atoms with van der Waals surface area (Å²) < 4.78 is 10.5. The Balaban J connectivity index is 1.30. The molecule has 46 heavy (non-hydrogen) atoms. The van der Waals surface area contributed by atoms with E-state index in [-0.39, 0.29) is 36.2 Å². The standard InChI is InChI=1S/C36H46N4O6/c1-6-45-34(43)30-21-26-20-27(16-17-29(26)38-30)39(5)33(42)31-28(24-10-8-7-9-11-24)18-19-40(31)32(41)25-14-12-23(13-15-25)22-37-35(44)46-36(2,3)4/h7-11,16-17,20-21,23,25,28,31,38H,6,12-15,18-19,22H2,1-5H3,(H,37,44)/t23-,25-,28-,31-/m0/s1. The SMILES string of the molecule is CCOC(=O)c1cc2cc(N(C)C(=O)[C@@H]3[C@H](c4ccccc4)CCN3C(=O)[C@H]3CC[C@H](CNC(=O)OC(C)(C)C)CC3)ccc2[nH]1. The van der Waals surface area contributed by atoms with Crippen LogP contribution in [0.15, 0.2) is 54.6 Å². The lowest BCUT2D eigenvalue weighted by atomic mass is 9.81. The third-order valence-corrected chi connectivity index (χ3v) is 9.11. The largest absolute Gasteiger partial charge is 0.461 e. The fourth-order valence-electron chi connectivity index (χ4n) is 6.76. The van der Waals surface area contributed by atoms with Gasteiger partial charge in [0.2, 0.25) is 11.8 Å². The molecule has 2 N–H and O–H groups in total. The zero-order valence-electron chi connectivity index (χ0n) is 27.5. The van der Waals surface area contributed by atoms with Gasteiger partial charge in [-0.1, -0.05) is 30.3 Å². The summed E-state index contributed by atoms with van der Waals surface area (Å²) in [6, 6.07) is 16.6. The number of H-pyrrole nitrogens is 1. The molecule has 2 aliphatic rings. The number of benzene rings is 2. The number of nitrogens with zero attached hydrogens (tertiary/aromatic N) is 2. The molecule has 0 unspecified atom stereocenters. The third kappa shape index (κ3) is 7.54. The first-order valence-corrected chi connectivity index (χ1v) is 16.3. The summed E-state index contributed by atoms with van der Waals surface area (Å²) in [4.78, 5) is 59.4. The predicted octanol–water partition coefficient (Wildman–Crippen LogP) is 6.02. The Morgan fingerprint density at radius 2 is 1.70 bits per heavy atom. The Hall–Kier alpha value is -4.34. The van der Waals surface area contributed by atoms with E-state index < -0.39 is 23.7 Å². The number of likely N-dealkylation sites (N-methyl/N-ethyl adjacent to an activating group) is 1. The van der Waals surface area contributed by atoms with E-state index in [1.807, 2.05) is 74.2 Å². The van der Waals surface area contributed by atoms with Crippen LogP contribution in [0, 0.1) is 11.8 Å². The molecule has 2 aromatic carbocycles. The maximum Gasteiger partial charge on any atom is 0.407 e. The van der Waals surface area contributed by atoms with Crippen molar-refractivity contribution in [1.29, 1.82) is 0 Å². The number of alkyl carbamates (subject to hydrolysis) is 1. The van der Waals surface area contributed by atoms with Crippen LogP contribution in [0.1, 0.15) is 81.8 Å². The summed E-state index contributed by atoms with van der Waals surface area (Å²) >= 11 is 0. The molecule has 10 heteroatoms. The number of anilines is 1. The topological polar surface area (TPSA) is 121 Å². The van der Waals surface area contributed by atoms with Crippen molar-refractivity contribution in [3.05, 3.63) is 65.9 Å². The number of rotatable bonds is 8. The number of ether oxygens (including phenoxy) is 2. The van der Waals surface area contributed by atoms with Gasteiger partial charge in [0.05, 0.1) is 6.61 Å². The fourth-order valence-corrected chi connectivity index (χ4v) is 6.76. The molecule has 0 radical (unpaired) electrons. The highest BCUT2D eigenvalue weighted by Gasteiger charge is 2.45. The molecule has 2 heterocycles. The number of aromatic amines is 1. The molecular weight excluding hydrogens is 584 g/mol. The van der Waals surface area contributed by atoms with Crippen molar-refractivity contribution in [2.75, 3.05) is 31.6 Å². The molecule has 2 fully saturated rings. The second kappa shape index (κ2) is 14.0. The number of carbonyl (C=O) groups is 4. The highest BCUT2D eigenvalue weighted by Crippen LogP contribution is 2.39. The molecule has 1 aliphatic heterocycles. The molecule has 3 aromatic rings. The molecule has 3 amide bonds.